The largest absolute Gasteiger partial charge is 0.320 e. The maximum absolute atomic E-state index is 11.9. The molecule has 0 atom stereocenters. The molecule has 0 aliphatic heterocycles. The standard InChI is InChI=1S/C11H8N4OS/c16-11(9-2-1-5-17-9)14-8-3-4-12-10-7(8)6-13-15-10/h1-6H,(H2,12,13,14,15,16). The summed E-state index contributed by atoms with van der Waals surface area (Å²) >= 11 is 1.41. The average Bonchev–Trinajstić information content (AvgIpc) is 3.00. The molecule has 3 rings (SSSR count). The highest BCUT2D eigenvalue weighted by atomic mass is 32.1. The van der Waals surface area contributed by atoms with Crippen LogP contribution >= 0.6 is 11.3 Å². The van der Waals surface area contributed by atoms with E-state index < -0.39 is 0 Å². The van der Waals surface area contributed by atoms with E-state index in [0.29, 0.717) is 16.2 Å². The van der Waals surface area contributed by atoms with E-state index in [1.807, 2.05) is 11.4 Å². The van der Waals surface area contributed by atoms with Gasteiger partial charge in [0.15, 0.2) is 5.65 Å². The SMILES string of the molecule is O=C(Nc1ccnc2[nH]ncc12)c1cccs1. The number of hydrogen-bond donors (Lipinski definition) is 2. The van der Waals surface area contributed by atoms with Crippen LogP contribution in [0.5, 0.6) is 0 Å². The molecule has 5 nitrogen and oxygen atoms in total. The number of thiophene rings is 1. The van der Waals surface area contributed by atoms with Crippen LogP contribution in [0.4, 0.5) is 5.69 Å². The Balaban J connectivity index is 1.95. The molecule has 0 fully saturated rings. The predicted molar refractivity (Wildman–Crippen MR) is 66.2 cm³/mol. The Labute approximate surface area is 101 Å². The molecule has 0 spiro atoms. The third-order valence-electron chi connectivity index (χ3n) is 2.35. The van der Waals surface area contributed by atoms with Crippen LogP contribution in [-0.2, 0) is 0 Å². The number of anilines is 1. The van der Waals surface area contributed by atoms with Crippen molar-refractivity contribution in [3.05, 3.63) is 40.8 Å². The number of nitrogens with one attached hydrogen (secondary N) is 2. The zero-order valence-corrected chi connectivity index (χ0v) is 9.49. The van der Waals surface area contributed by atoms with Crippen LogP contribution in [0, 0.1) is 0 Å². The van der Waals surface area contributed by atoms with Crippen LogP contribution in [-0.4, -0.2) is 21.1 Å². The summed E-state index contributed by atoms with van der Waals surface area (Å²) in [5.41, 5.74) is 1.37. The number of carbonyl (C=O) groups excluding carboxylic acids is 1. The summed E-state index contributed by atoms with van der Waals surface area (Å²) in [5.74, 6) is -0.117. The number of amides is 1. The van der Waals surface area contributed by atoms with E-state index in [2.05, 4.69) is 20.5 Å². The molecule has 0 unspecified atom stereocenters. The Morgan fingerprint density at radius 1 is 1.41 bits per heavy atom. The molecule has 2 N–H and O–H groups in total. The zero-order valence-electron chi connectivity index (χ0n) is 8.68. The summed E-state index contributed by atoms with van der Waals surface area (Å²) < 4.78 is 0. The molecule has 0 aliphatic rings. The average molecular weight is 244 g/mol. The predicted octanol–water partition coefficient (Wildman–Crippen LogP) is 2.27. The lowest BCUT2D eigenvalue weighted by Gasteiger charge is -2.03. The number of pyridine rings is 1. The van der Waals surface area contributed by atoms with Gasteiger partial charge in [0, 0.05) is 6.20 Å². The molecule has 6 heteroatoms. The molecule has 3 aromatic heterocycles. The topological polar surface area (TPSA) is 70.7 Å². The number of fused-ring (bicyclic) bond motifs is 1. The van der Waals surface area contributed by atoms with Crippen LogP contribution in [0.15, 0.2) is 36.0 Å². The van der Waals surface area contributed by atoms with Crippen LogP contribution in [0.1, 0.15) is 9.67 Å². The van der Waals surface area contributed by atoms with E-state index in [1.165, 1.54) is 11.3 Å². The van der Waals surface area contributed by atoms with Gasteiger partial charge in [0.25, 0.3) is 5.91 Å². The number of aromatic nitrogens is 3. The highest BCUT2D eigenvalue weighted by Crippen LogP contribution is 2.20. The third-order valence-corrected chi connectivity index (χ3v) is 3.22. The van der Waals surface area contributed by atoms with Crippen molar-refractivity contribution < 1.29 is 4.79 Å². The first-order valence-corrected chi connectivity index (χ1v) is 5.85. The summed E-state index contributed by atoms with van der Waals surface area (Å²) in [6.07, 6.45) is 3.27. The van der Waals surface area contributed by atoms with Crippen molar-refractivity contribution in [1.29, 1.82) is 0 Å². The number of hydrogen-bond acceptors (Lipinski definition) is 4. The highest BCUT2D eigenvalue weighted by Gasteiger charge is 2.09. The monoisotopic (exact) mass is 244 g/mol. The summed E-state index contributed by atoms with van der Waals surface area (Å²) in [6, 6.07) is 5.39. The number of aromatic amines is 1. The van der Waals surface area contributed by atoms with Gasteiger partial charge in [-0.05, 0) is 17.5 Å². The van der Waals surface area contributed by atoms with E-state index in [9.17, 15) is 4.79 Å². The van der Waals surface area contributed by atoms with Gasteiger partial charge in [-0.1, -0.05) is 6.07 Å². The van der Waals surface area contributed by atoms with Crippen LogP contribution in [0.25, 0.3) is 11.0 Å². The second-order valence-electron chi connectivity index (χ2n) is 3.42. The van der Waals surface area contributed by atoms with E-state index >= 15 is 0 Å². The first-order valence-electron chi connectivity index (χ1n) is 4.97. The molecule has 3 heterocycles. The van der Waals surface area contributed by atoms with Gasteiger partial charge < -0.3 is 5.32 Å². The smallest absolute Gasteiger partial charge is 0.265 e. The Bertz CT molecular complexity index is 659. The lowest BCUT2D eigenvalue weighted by molar-refractivity contribution is 0.103. The van der Waals surface area contributed by atoms with Crippen molar-refractivity contribution in [2.24, 2.45) is 0 Å². The van der Waals surface area contributed by atoms with Crippen molar-refractivity contribution >= 4 is 34.0 Å². The Kier molecular flexibility index (Phi) is 2.34. The molecule has 0 saturated carbocycles. The zero-order chi connectivity index (χ0) is 11.7. The van der Waals surface area contributed by atoms with Gasteiger partial charge in [-0.3, -0.25) is 9.89 Å². The van der Waals surface area contributed by atoms with Gasteiger partial charge >= 0.3 is 0 Å². The molecule has 84 valence electrons. The fourth-order valence-corrected chi connectivity index (χ4v) is 2.17. The van der Waals surface area contributed by atoms with E-state index in [1.54, 1.807) is 24.5 Å². The lowest BCUT2D eigenvalue weighted by Crippen LogP contribution is -2.10. The van der Waals surface area contributed by atoms with Crippen LogP contribution in [0.3, 0.4) is 0 Å². The minimum absolute atomic E-state index is 0.117. The second-order valence-corrected chi connectivity index (χ2v) is 4.37. The van der Waals surface area contributed by atoms with E-state index in [-0.39, 0.29) is 5.91 Å². The molecular weight excluding hydrogens is 236 g/mol. The highest BCUT2D eigenvalue weighted by molar-refractivity contribution is 7.12. The minimum atomic E-state index is -0.117. The van der Waals surface area contributed by atoms with E-state index in [4.69, 9.17) is 0 Å². The van der Waals surface area contributed by atoms with Crippen molar-refractivity contribution in [1.82, 2.24) is 15.2 Å². The lowest BCUT2D eigenvalue weighted by atomic mass is 10.3. The molecule has 0 saturated heterocycles. The second kappa shape index (κ2) is 3.99. The third kappa shape index (κ3) is 1.78. The maximum atomic E-state index is 11.9. The van der Waals surface area contributed by atoms with Gasteiger partial charge in [-0.25, -0.2) is 4.98 Å². The van der Waals surface area contributed by atoms with Gasteiger partial charge in [-0.2, -0.15) is 5.10 Å². The van der Waals surface area contributed by atoms with Gasteiger partial charge in [0.1, 0.15) is 0 Å². The maximum Gasteiger partial charge on any atom is 0.265 e. The number of rotatable bonds is 2. The molecule has 0 radical (unpaired) electrons. The fraction of sp³-hybridized carbons (Fsp3) is 0. The van der Waals surface area contributed by atoms with Crippen molar-refractivity contribution in [3.63, 3.8) is 0 Å². The quantitative estimate of drug-likeness (QED) is 0.726. The molecule has 0 bridgehead atoms. The molecule has 0 aromatic carbocycles. The first-order chi connectivity index (χ1) is 8.34. The number of nitrogens with zero attached hydrogens (tertiary/aromatic N) is 2. The Morgan fingerprint density at radius 2 is 2.35 bits per heavy atom. The summed E-state index contributed by atoms with van der Waals surface area (Å²) in [4.78, 5) is 16.7. The van der Waals surface area contributed by atoms with Crippen molar-refractivity contribution in [2.75, 3.05) is 5.32 Å². The fourth-order valence-electron chi connectivity index (χ4n) is 1.55. The summed E-state index contributed by atoms with van der Waals surface area (Å²) in [7, 11) is 0. The molecule has 17 heavy (non-hydrogen) atoms. The summed E-state index contributed by atoms with van der Waals surface area (Å²) in [5, 5.41) is 12.2. The molecule has 1 amide bonds. The first kappa shape index (κ1) is 9.98. The minimum Gasteiger partial charge on any atom is -0.320 e. The van der Waals surface area contributed by atoms with Gasteiger partial charge in [0.2, 0.25) is 0 Å². The number of H-pyrrole nitrogens is 1. The molecule has 3 aromatic rings. The van der Waals surface area contributed by atoms with Crippen LogP contribution in [0.2, 0.25) is 0 Å². The summed E-state index contributed by atoms with van der Waals surface area (Å²) in [6.45, 7) is 0. The molecular formula is C11H8N4OS. The number of carbonyl (C=O) groups is 1. The van der Waals surface area contributed by atoms with Crippen molar-refractivity contribution in [2.45, 2.75) is 0 Å². The Morgan fingerprint density at radius 3 is 3.18 bits per heavy atom. The molecule has 0 aliphatic carbocycles. The van der Waals surface area contributed by atoms with E-state index in [0.717, 1.165) is 5.39 Å². The normalized spacial score (nSPS) is 10.6. The van der Waals surface area contributed by atoms with Crippen LogP contribution < -0.4 is 5.32 Å². The van der Waals surface area contributed by atoms with Crippen molar-refractivity contribution in [3.8, 4) is 0 Å². The van der Waals surface area contributed by atoms with Gasteiger partial charge in [-0.15, -0.1) is 11.3 Å². The van der Waals surface area contributed by atoms with Gasteiger partial charge in [0.05, 0.1) is 22.1 Å². The Hall–Kier alpha value is -2.21.